The maximum absolute atomic E-state index is 2.46. The smallest absolute Gasteiger partial charge is 0.0442 e. The summed E-state index contributed by atoms with van der Waals surface area (Å²) in [6, 6.07) is 1.51. The third kappa shape index (κ3) is 15.0. The lowest BCUT2D eigenvalue weighted by molar-refractivity contribution is 0.507. The van der Waals surface area contributed by atoms with Crippen LogP contribution in [0.4, 0.5) is 0 Å². The molecule has 0 fully saturated rings. The van der Waals surface area contributed by atoms with E-state index in [1.165, 1.54) is 25.3 Å². The number of hydrogen-bond donors (Lipinski definition) is 0. The molecule has 13 heavy (non-hydrogen) atoms. The first-order chi connectivity index (χ1) is 4.95. The molecule has 0 spiro atoms. The molecule has 0 amide bonds. The average Bonchev–Trinajstić information content (AvgIpc) is 1.85. The van der Waals surface area contributed by atoms with Gasteiger partial charge in [-0.1, -0.05) is 73.6 Å². The standard InChI is InChI=1S/C10H24Si.2CH4/c1-6-10(2)8-7-9-11(3,4)5;;/h10H,6-9H2,1-5H3;2*1H4. The van der Waals surface area contributed by atoms with Crippen LogP contribution >= 0.6 is 0 Å². The van der Waals surface area contributed by atoms with Gasteiger partial charge in [0.15, 0.2) is 0 Å². The Labute approximate surface area is 88.1 Å². The zero-order valence-corrected chi connectivity index (χ0v) is 9.91. The topological polar surface area (TPSA) is 0 Å². The van der Waals surface area contributed by atoms with Crippen molar-refractivity contribution in [2.24, 2.45) is 5.92 Å². The van der Waals surface area contributed by atoms with Crippen molar-refractivity contribution in [3.8, 4) is 0 Å². The van der Waals surface area contributed by atoms with Crippen LogP contribution in [0.2, 0.25) is 25.7 Å². The van der Waals surface area contributed by atoms with Gasteiger partial charge in [0.1, 0.15) is 0 Å². The minimum Gasteiger partial charge on any atom is -0.0776 e. The van der Waals surface area contributed by atoms with E-state index in [0.29, 0.717) is 0 Å². The Balaban J connectivity index is -0.000000500. The van der Waals surface area contributed by atoms with E-state index in [0.717, 1.165) is 5.92 Å². The first-order valence-corrected chi connectivity index (χ1v) is 8.66. The monoisotopic (exact) mass is 204 g/mol. The van der Waals surface area contributed by atoms with Crippen LogP contribution in [0.1, 0.15) is 48.0 Å². The summed E-state index contributed by atoms with van der Waals surface area (Å²) in [7, 11) is -0.737. The van der Waals surface area contributed by atoms with Gasteiger partial charge in [-0.3, -0.25) is 0 Å². The molecule has 0 saturated carbocycles. The SMILES string of the molecule is C.C.CCC(C)CCC[Si](C)(C)C. The molecule has 0 aliphatic rings. The van der Waals surface area contributed by atoms with Gasteiger partial charge in [-0.15, -0.1) is 0 Å². The minimum atomic E-state index is -0.737. The highest BCUT2D eigenvalue weighted by atomic mass is 28.3. The highest BCUT2D eigenvalue weighted by Crippen LogP contribution is 2.17. The molecule has 1 heteroatoms. The van der Waals surface area contributed by atoms with Crippen LogP contribution in [0, 0.1) is 5.92 Å². The lowest BCUT2D eigenvalue weighted by Crippen LogP contribution is -2.18. The van der Waals surface area contributed by atoms with Crippen molar-refractivity contribution < 1.29 is 0 Å². The molecular weight excluding hydrogens is 172 g/mol. The molecule has 0 aromatic rings. The van der Waals surface area contributed by atoms with E-state index in [2.05, 4.69) is 33.5 Å². The predicted molar refractivity (Wildman–Crippen MR) is 70.3 cm³/mol. The van der Waals surface area contributed by atoms with E-state index in [4.69, 9.17) is 0 Å². The average molecular weight is 204 g/mol. The molecule has 1 unspecified atom stereocenters. The van der Waals surface area contributed by atoms with Gasteiger partial charge in [-0.25, -0.2) is 0 Å². The molecule has 0 nitrogen and oxygen atoms in total. The maximum Gasteiger partial charge on any atom is 0.0442 e. The van der Waals surface area contributed by atoms with Crippen molar-refractivity contribution in [3.05, 3.63) is 0 Å². The summed E-state index contributed by atoms with van der Waals surface area (Å²) in [5.74, 6) is 0.950. The molecule has 0 aliphatic carbocycles. The largest absolute Gasteiger partial charge is 0.0776 e. The van der Waals surface area contributed by atoms with Crippen LogP contribution in [0.3, 0.4) is 0 Å². The first-order valence-electron chi connectivity index (χ1n) is 4.95. The Morgan fingerprint density at radius 2 is 1.54 bits per heavy atom. The van der Waals surface area contributed by atoms with E-state index < -0.39 is 8.07 Å². The van der Waals surface area contributed by atoms with Crippen molar-refractivity contribution >= 4 is 8.07 Å². The third-order valence-electron chi connectivity index (χ3n) is 2.32. The molecule has 0 aliphatic heterocycles. The zero-order chi connectivity index (χ0) is 8.91. The summed E-state index contributed by atoms with van der Waals surface area (Å²) >= 11 is 0. The summed E-state index contributed by atoms with van der Waals surface area (Å²) in [6.07, 6.45) is 4.26. The summed E-state index contributed by atoms with van der Waals surface area (Å²) < 4.78 is 0. The van der Waals surface area contributed by atoms with Gasteiger partial charge in [-0.05, 0) is 5.92 Å². The Bertz CT molecular complexity index is 91.8. The molecule has 0 radical (unpaired) electrons. The van der Waals surface area contributed by atoms with Gasteiger partial charge in [0.2, 0.25) is 0 Å². The van der Waals surface area contributed by atoms with Crippen LogP contribution < -0.4 is 0 Å². The minimum absolute atomic E-state index is 0. The highest BCUT2D eigenvalue weighted by Gasteiger charge is 2.12. The second-order valence-electron chi connectivity index (χ2n) is 4.97. The molecule has 0 bridgehead atoms. The van der Waals surface area contributed by atoms with Gasteiger partial charge in [0, 0.05) is 8.07 Å². The van der Waals surface area contributed by atoms with E-state index in [1.54, 1.807) is 0 Å². The molecule has 0 N–H and O–H groups in total. The van der Waals surface area contributed by atoms with E-state index in [9.17, 15) is 0 Å². The van der Waals surface area contributed by atoms with Gasteiger partial charge in [-0.2, -0.15) is 0 Å². The maximum atomic E-state index is 2.46. The van der Waals surface area contributed by atoms with Crippen molar-refractivity contribution in [3.63, 3.8) is 0 Å². The Kier molecular flexibility index (Phi) is 12.8. The summed E-state index contributed by atoms with van der Waals surface area (Å²) in [5, 5.41) is 0. The Morgan fingerprint density at radius 3 is 1.85 bits per heavy atom. The number of hydrogen-bond acceptors (Lipinski definition) is 0. The van der Waals surface area contributed by atoms with Gasteiger partial charge >= 0.3 is 0 Å². The van der Waals surface area contributed by atoms with Crippen LogP contribution in [0.5, 0.6) is 0 Å². The van der Waals surface area contributed by atoms with Crippen LogP contribution in [0.15, 0.2) is 0 Å². The summed E-state index contributed by atoms with van der Waals surface area (Å²) in [6.45, 7) is 12.0. The normalized spacial score (nSPS) is 12.7. The van der Waals surface area contributed by atoms with Gasteiger partial charge in [0.05, 0.1) is 0 Å². The van der Waals surface area contributed by atoms with E-state index >= 15 is 0 Å². The zero-order valence-electron chi connectivity index (χ0n) is 8.91. The number of rotatable bonds is 5. The Hall–Kier alpha value is 0.217. The lowest BCUT2D eigenvalue weighted by atomic mass is 10.0. The molecule has 0 aromatic carbocycles. The molecule has 0 rings (SSSR count). The van der Waals surface area contributed by atoms with Crippen LogP contribution in [-0.2, 0) is 0 Å². The fraction of sp³-hybridized carbons (Fsp3) is 1.00. The highest BCUT2D eigenvalue weighted by molar-refractivity contribution is 6.76. The molecule has 0 saturated heterocycles. The van der Waals surface area contributed by atoms with E-state index in [-0.39, 0.29) is 14.9 Å². The van der Waals surface area contributed by atoms with Gasteiger partial charge < -0.3 is 0 Å². The third-order valence-corrected chi connectivity index (χ3v) is 4.17. The fourth-order valence-electron chi connectivity index (χ4n) is 1.18. The predicted octanol–water partition coefficient (Wildman–Crippen LogP) is 5.42. The van der Waals surface area contributed by atoms with Gasteiger partial charge in [0.25, 0.3) is 0 Å². The molecule has 0 heterocycles. The Morgan fingerprint density at radius 1 is 1.08 bits per heavy atom. The second kappa shape index (κ2) is 8.80. The van der Waals surface area contributed by atoms with Crippen molar-refractivity contribution in [2.75, 3.05) is 0 Å². The van der Waals surface area contributed by atoms with Crippen molar-refractivity contribution in [2.45, 2.75) is 73.6 Å². The molecule has 1 atom stereocenters. The summed E-state index contributed by atoms with van der Waals surface area (Å²) in [4.78, 5) is 0. The molecule has 84 valence electrons. The molecule has 0 aromatic heterocycles. The second-order valence-corrected chi connectivity index (χ2v) is 10.6. The van der Waals surface area contributed by atoms with E-state index in [1.807, 2.05) is 0 Å². The quantitative estimate of drug-likeness (QED) is 0.524. The van der Waals surface area contributed by atoms with Crippen LogP contribution in [0.25, 0.3) is 0 Å². The van der Waals surface area contributed by atoms with Crippen molar-refractivity contribution in [1.29, 1.82) is 0 Å². The lowest BCUT2D eigenvalue weighted by Gasteiger charge is -2.16. The molecular formula is C12H32Si. The van der Waals surface area contributed by atoms with Crippen molar-refractivity contribution in [1.82, 2.24) is 0 Å². The first kappa shape index (κ1) is 18.9. The summed E-state index contributed by atoms with van der Waals surface area (Å²) in [5.41, 5.74) is 0. The fourth-order valence-corrected chi connectivity index (χ4v) is 2.45. The van der Waals surface area contributed by atoms with Crippen LogP contribution in [-0.4, -0.2) is 8.07 Å².